The van der Waals surface area contributed by atoms with Crippen LogP contribution in [-0.2, 0) is 0 Å². The third-order valence-electron chi connectivity index (χ3n) is 3.33. The normalized spacial score (nSPS) is 12.4. The Morgan fingerprint density at radius 1 is 1.05 bits per heavy atom. The van der Waals surface area contributed by atoms with E-state index in [1.807, 2.05) is 19.2 Å². The Balaban J connectivity index is 2.35. The van der Waals surface area contributed by atoms with Crippen molar-refractivity contribution < 1.29 is 0 Å². The number of halogens is 2. The summed E-state index contributed by atoms with van der Waals surface area (Å²) in [6.45, 7) is 2.17. The maximum absolute atomic E-state index is 6.24. The lowest BCUT2D eigenvalue weighted by Crippen LogP contribution is -2.14. The van der Waals surface area contributed by atoms with Crippen molar-refractivity contribution in [1.29, 1.82) is 0 Å². The summed E-state index contributed by atoms with van der Waals surface area (Å²) in [5.74, 6) is 0. The van der Waals surface area contributed by atoms with E-state index in [9.17, 15) is 0 Å². The molecule has 1 N–H and O–H groups in total. The zero-order chi connectivity index (χ0) is 13.8. The van der Waals surface area contributed by atoms with Gasteiger partial charge in [-0.05, 0) is 30.7 Å². The van der Waals surface area contributed by atoms with Crippen molar-refractivity contribution in [3.63, 3.8) is 0 Å². The molecule has 2 aromatic carbocycles. The molecule has 0 aliphatic rings. The molecule has 0 bridgehead atoms. The largest absolute Gasteiger partial charge is 0.313 e. The van der Waals surface area contributed by atoms with Gasteiger partial charge in [0.15, 0.2) is 0 Å². The van der Waals surface area contributed by atoms with Gasteiger partial charge in [-0.25, -0.2) is 0 Å². The molecule has 0 aliphatic carbocycles. The molecule has 0 fully saturated rings. The SMILES string of the molecule is CCC(NC)c1ccc(-c2cccc(Cl)c2Cl)cc1. The smallest absolute Gasteiger partial charge is 0.0670 e. The first-order chi connectivity index (χ1) is 9.17. The highest BCUT2D eigenvalue weighted by molar-refractivity contribution is 6.43. The summed E-state index contributed by atoms with van der Waals surface area (Å²) in [6, 6.07) is 14.5. The van der Waals surface area contributed by atoms with Crippen molar-refractivity contribution in [2.24, 2.45) is 0 Å². The maximum Gasteiger partial charge on any atom is 0.0670 e. The van der Waals surface area contributed by atoms with Crippen LogP contribution in [0, 0.1) is 0 Å². The van der Waals surface area contributed by atoms with Crippen LogP contribution >= 0.6 is 23.2 Å². The predicted octanol–water partition coefficient (Wildman–Crippen LogP) is 5.33. The van der Waals surface area contributed by atoms with Gasteiger partial charge in [-0.2, -0.15) is 0 Å². The minimum absolute atomic E-state index is 0.392. The molecule has 0 radical (unpaired) electrons. The highest BCUT2D eigenvalue weighted by atomic mass is 35.5. The first-order valence-corrected chi connectivity index (χ1v) is 7.14. The Morgan fingerprint density at radius 2 is 1.74 bits per heavy atom. The molecule has 0 saturated carbocycles. The van der Waals surface area contributed by atoms with Crippen molar-refractivity contribution in [3.05, 3.63) is 58.1 Å². The van der Waals surface area contributed by atoms with Gasteiger partial charge in [-0.15, -0.1) is 0 Å². The predicted molar refractivity (Wildman–Crippen MR) is 84.0 cm³/mol. The summed E-state index contributed by atoms with van der Waals surface area (Å²) in [4.78, 5) is 0. The van der Waals surface area contributed by atoms with Gasteiger partial charge in [0, 0.05) is 11.6 Å². The molecule has 0 saturated heterocycles. The Bertz CT molecular complexity index is 545. The Labute approximate surface area is 124 Å². The van der Waals surface area contributed by atoms with Crippen LogP contribution < -0.4 is 5.32 Å². The summed E-state index contributed by atoms with van der Waals surface area (Å²) in [6.07, 6.45) is 1.06. The summed E-state index contributed by atoms with van der Waals surface area (Å²) in [5.41, 5.74) is 3.34. The lowest BCUT2D eigenvalue weighted by atomic mass is 9.99. The topological polar surface area (TPSA) is 12.0 Å². The molecule has 3 heteroatoms. The van der Waals surface area contributed by atoms with Crippen molar-refractivity contribution in [2.45, 2.75) is 19.4 Å². The van der Waals surface area contributed by atoms with Crippen LogP contribution in [0.25, 0.3) is 11.1 Å². The molecular weight excluding hydrogens is 277 g/mol. The second-order valence-electron chi connectivity index (χ2n) is 4.47. The summed E-state index contributed by atoms with van der Waals surface area (Å²) < 4.78 is 0. The zero-order valence-electron chi connectivity index (χ0n) is 11.1. The Hall–Kier alpha value is -1.02. The van der Waals surface area contributed by atoms with Gasteiger partial charge in [0.05, 0.1) is 10.0 Å². The van der Waals surface area contributed by atoms with Crippen molar-refractivity contribution in [1.82, 2.24) is 5.32 Å². The molecular formula is C16H17Cl2N. The molecule has 1 nitrogen and oxygen atoms in total. The fraction of sp³-hybridized carbons (Fsp3) is 0.250. The molecule has 0 spiro atoms. The minimum Gasteiger partial charge on any atom is -0.313 e. The van der Waals surface area contributed by atoms with Crippen molar-refractivity contribution in [2.75, 3.05) is 7.05 Å². The van der Waals surface area contributed by atoms with Crippen LogP contribution in [0.4, 0.5) is 0 Å². The van der Waals surface area contributed by atoms with E-state index in [4.69, 9.17) is 23.2 Å². The first-order valence-electron chi connectivity index (χ1n) is 6.39. The highest BCUT2D eigenvalue weighted by Crippen LogP contribution is 2.33. The van der Waals surface area contributed by atoms with Crippen LogP contribution in [0.3, 0.4) is 0 Å². The lowest BCUT2D eigenvalue weighted by molar-refractivity contribution is 0.577. The van der Waals surface area contributed by atoms with E-state index in [2.05, 4.69) is 36.5 Å². The monoisotopic (exact) mass is 293 g/mol. The van der Waals surface area contributed by atoms with Gasteiger partial charge >= 0.3 is 0 Å². The molecule has 2 aromatic rings. The van der Waals surface area contributed by atoms with Gasteiger partial charge in [0.2, 0.25) is 0 Å². The number of hydrogen-bond donors (Lipinski definition) is 1. The van der Waals surface area contributed by atoms with Crippen LogP contribution in [0.1, 0.15) is 24.9 Å². The molecule has 100 valence electrons. The molecule has 19 heavy (non-hydrogen) atoms. The second-order valence-corrected chi connectivity index (χ2v) is 5.26. The van der Waals surface area contributed by atoms with Gasteiger partial charge in [0.1, 0.15) is 0 Å². The molecule has 1 unspecified atom stereocenters. The second kappa shape index (κ2) is 6.42. The third kappa shape index (κ3) is 3.11. The van der Waals surface area contributed by atoms with E-state index in [1.165, 1.54) is 5.56 Å². The first kappa shape index (κ1) is 14.4. The highest BCUT2D eigenvalue weighted by Gasteiger charge is 2.09. The molecule has 1 atom stereocenters. The summed E-state index contributed by atoms with van der Waals surface area (Å²) in [5, 5.41) is 4.50. The number of benzene rings is 2. The molecule has 0 amide bonds. The molecule has 0 aromatic heterocycles. The third-order valence-corrected chi connectivity index (χ3v) is 4.15. The standard InChI is InChI=1S/C16H17Cl2N/c1-3-15(19-2)12-9-7-11(8-10-12)13-5-4-6-14(17)16(13)18/h4-10,15,19H,3H2,1-2H3. The van der Waals surface area contributed by atoms with E-state index in [-0.39, 0.29) is 0 Å². The zero-order valence-corrected chi connectivity index (χ0v) is 12.6. The van der Waals surface area contributed by atoms with E-state index >= 15 is 0 Å². The molecule has 0 heterocycles. The van der Waals surface area contributed by atoms with Crippen LogP contribution in [-0.4, -0.2) is 7.05 Å². The maximum atomic E-state index is 6.24. The number of nitrogens with one attached hydrogen (secondary N) is 1. The molecule has 2 rings (SSSR count). The average molecular weight is 294 g/mol. The van der Waals surface area contributed by atoms with E-state index in [1.54, 1.807) is 6.07 Å². The summed E-state index contributed by atoms with van der Waals surface area (Å²) >= 11 is 12.3. The number of hydrogen-bond acceptors (Lipinski definition) is 1. The lowest BCUT2D eigenvalue weighted by Gasteiger charge is -2.15. The van der Waals surface area contributed by atoms with Gasteiger partial charge in [-0.3, -0.25) is 0 Å². The van der Waals surface area contributed by atoms with E-state index in [0.29, 0.717) is 16.1 Å². The quantitative estimate of drug-likeness (QED) is 0.803. The minimum atomic E-state index is 0.392. The van der Waals surface area contributed by atoms with Gasteiger partial charge in [-0.1, -0.05) is 66.5 Å². The van der Waals surface area contributed by atoms with Crippen LogP contribution in [0.15, 0.2) is 42.5 Å². The Morgan fingerprint density at radius 3 is 2.32 bits per heavy atom. The van der Waals surface area contributed by atoms with E-state index < -0.39 is 0 Å². The number of rotatable bonds is 4. The van der Waals surface area contributed by atoms with Crippen molar-refractivity contribution >= 4 is 23.2 Å². The van der Waals surface area contributed by atoms with Gasteiger partial charge in [0.25, 0.3) is 0 Å². The fourth-order valence-corrected chi connectivity index (χ4v) is 2.64. The molecule has 0 aliphatic heterocycles. The van der Waals surface area contributed by atoms with Crippen molar-refractivity contribution in [3.8, 4) is 11.1 Å². The van der Waals surface area contributed by atoms with Crippen LogP contribution in [0.5, 0.6) is 0 Å². The fourth-order valence-electron chi connectivity index (χ4n) is 2.23. The summed E-state index contributed by atoms with van der Waals surface area (Å²) in [7, 11) is 1.98. The average Bonchev–Trinajstić information content (AvgIpc) is 2.44. The van der Waals surface area contributed by atoms with Crippen LogP contribution in [0.2, 0.25) is 10.0 Å². The van der Waals surface area contributed by atoms with E-state index in [0.717, 1.165) is 17.5 Å². The van der Waals surface area contributed by atoms with Gasteiger partial charge < -0.3 is 5.32 Å². The Kier molecular flexibility index (Phi) is 4.87.